The average Bonchev–Trinajstić information content (AvgIpc) is 3.11. The fraction of sp³-hybridized carbons (Fsp3) is 0.350. The smallest absolute Gasteiger partial charge is 0.251 e. The molecule has 5 nitrogen and oxygen atoms in total. The number of fused-ring (bicyclic) bond motifs is 1. The van der Waals surface area contributed by atoms with Crippen LogP contribution >= 0.6 is 0 Å². The summed E-state index contributed by atoms with van der Waals surface area (Å²) in [5.41, 5.74) is 7.20. The van der Waals surface area contributed by atoms with E-state index in [9.17, 15) is 4.79 Å². The van der Waals surface area contributed by atoms with Crippen LogP contribution in [0.15, 0.2) is 54.6 Å². The molecule has 1 aliphatic heterocycles. The van der Waals surface area contributed by atoms with Crippen LogP contribution < -0.4 is 20.9 Å². The summed E-state index contributed by atoms with van der Waals surface area (Å²) in [6.45, 7) is 0.989. The minimum atomic E-state index is -0.00590. The maximum atomic E-state index is 12.5. The van der Waals surface area contributed by atoms with Gasteiger partial charge in [0.1, 0.15) is 11.5 Å². The Morgan fingerprint density at radius 1 is 1.00 bits per heavy atom. The van der Waals surface area contributed by atoms with E-state index in [0.29, 0.717) is 17.5 Å². The first-order valence-corrected chi connectivity index (χ1v) is 8.90. The first-order chi connectivity index (χ1) is 12.3. The maximum Gasteiger partial charge on any atom is 0.251 e. The largest absolute Gasteiger partial charge is 0.457 e. The highest BCUT2D eigenvalue weighted by molar-refractivity contribution is 5.94. The molecule has 0 bridgehead atoms. The fourth-order valence-corrected chi connectivity index (χ4v) is 3.70. The number of hydrazine groups is 1. The predicted octanol–water partition coefficient (Wildman–Crippen LogP) is 2.85. The summed E-state index contributed by atoms with van der Waals surface area (Å²) in [5.74, 6) is 2.12. The van der Waals surface area contributed by atoms with Gasteiger partial charge in [-0.3, -0.25) is 15.6 Å². The second-order valence-corrected chi connectivity index (χ2v) is 6.81. The molecule has 2 fully saturated rings. The number of hydrogen-bond donors (Lipinski definition) is 3. The van der Waals surface area contributed by atoms with Crippen molar-refractivity contribution < 1.29 is 9.53 Å². The molecule has 1 heterocycles. The fourth-order valence-electron chi connectivity index (χ4n) is 3.70. The molecule has 3 N–H and O–H groups in total. The van der Waals surface area contributed by atoms with E-state index in [1.165, 1.54) is 0 Å². The van der Waals surface area contributed by atoms with E-state index >= 15 is 0 Å². The van der Waals surface area contributed by atoms with E-state index in [0.717, 1.165) is 37.3 Å². The predicted molar refractivity (Wildman–Crippen MR) is 96.5 cm³/mol. The van der Waals surface area contributed by atoms with E-state index in [1.807, 2.05) is 54.6 Å². The Balaban J connectivity index is 1.34. The Morgan fingerprint density at radius 3 is 2.56 bits per heavy atom. The van der Waals surface area contributed by atoms with Crippen LogP contribution in [0.1, 0.15) is 29.6 Å². The maximum absolute atomic E-state index is 12.5. The number of rotatable bonds is 4. The molecule has 0 radical (unpaired) electrons. The number of carbonyl (C=O) groups excluding carboxylic acids is 1. The molecule has 3 atom stereocenters. The van der Waals surface area contributed by atoms with Crippen LogP contribution in [-0.4, -0.2) is 24.5 Å². The molecule has 0 aromatic heterocycles. The molecule has 3 unspecified atom stereocenters. The molecule has 130 valence electrons. The topological polar surface area (TPSA) is 62.4 Å². The van der Waals surface area contributed by atoms with Crippen LogP contribution in [0, 0.1) is 5.92 Å². The summed E-state index contributed by atoms with van der Waals surface area (Å²) in [7, 11) is 0. The minimum Gasteiger partial charge on any atom is -0.457 e. The van der Waals surface area contributed by atoms with Crippen molar-refractivity contribution >= 4 is 5.91 Å². The van der Waals surface area contributed by atoms with Gasteiger partial charge < -0.3 is 10.1 Å². The Labute approximate surface area is 147 Å². The van der Waals surface area contributed by atoms with Gasteiger partial charge in [-0.15, -0.1) is 0 Å². The van der Waals surface area contributed by atoms with Gasteiger partial charge in [0.05, 0.1) is 0 Å². The lowest BCUT2D eigenvalue weighted by Gasteiger charge is -2.31. The highest BCUT2D eigenvalue weighted by atomic mass is 16.5. The summed E-state index contributed by atoms with van der Waals surface area (Å²) >= 11 is 0. The number of nitrogens with one attached hydrogen (secondary N) is 3. The summed E-state index contributed by atoms with van der Waals surface area (Å²) in [4.78, 5) is 12.5. The third kappa shape index (κ3) is 3.83. The Bertz CT molecular complexity index is 717. The van der Waals surface area contributed by atoms with Gasteiger partial charge in [-0.1, -0.05) is 18.2 Å². The molecule has 1 saturated heterocycles. The quantitative estimate of drug-likeness (QED) is 0.803. The molecule has 2 aromatic carbocycles. The highest BCUT2D eigenvalue weighted by Crippen LogP contribution is 2.27. The van der Waals surface area contributed by atoms with Crippen LogP contribution in [0.2, 0.25) is 0 Å². The van der Waals surface area contributed by atoms with Gasteiger partial charge in [0.25, 0.3) is 5.91 Å². The van der Waals surface area contributed by atoms with E-state index in [2.05, 4.69) is 16.2 Å². The number of hydrogen-bond acceptors (Lipinski definition) is 4. The van der Waals surface area contributed by atoms with Crippen molar-refractivity contribution in [2.24, 2.45) is 5.92 Å². The third-order valence-electron chi connectivity index (χ3n) is 5.06. The van der Waals surface area contributed by atoms with Crippen LogP contribution in [0.3, 0.4) is 0 Å². The van der Waals surface area contributed by atoms with Crippen molar-refractivity contribution in [2.45, 2.75) is 31.3 Å². The van der Waals surface area contributed by atoms with Crippen LogP contribution in [0.5, 0.6) is 11.5 Å². The van der Waals surface area contributed by atoms with Gasteiger partial charge in [-0.25, -0.2) is 0 Å². The van der Waals surface area contributed by atoms with Crippen molar-refractivity contribution in [1.82, 2.24) is 16.2 Å². The Kier molecular flexibility index (Phi) is 4.68. The molecule has 2 aliphatic rings. The average molecular weight is 337 g/mol. The summed E-state index contributed by atoms with van der Waals surface area (Å²) < 4.78 is 5.76. The Hall–Kier alpha value is -2.37. The zero-order valence-electron chi connectivity index (χ0n) is 14.1. The normalized spacial score (nSPS) is 25.2. The van der Waals surface area contributed by atoms with Gasteiger partial charge >= 0.3 is 0 Å². The summed E-state index contributed by atoms with van der Waals surface area (Å²) in [6, 6.07) is 17.8. The molecule has 0 spiro atoms. The molecule has 1 aliphatic carbocycles. The van der Waals surface area contributed by atoms with Crippen molar-refractivity contribution in [3.8, 4) is 11.5 Å². The van der Waals surface area contributed by atoms with Crippen LogP contribution in [0.25, 0.3) is 0 Å². The lowest BCUT2D eigenvalue weighted by Crippen LogP contribution is -2.44. The second kappa shape index (κ2) is 7.25. The number of benzene rings is 2. The second-order valence-electron chi connectivity index (χ2n) is 6.81. The molecule has 5 heteroatoms. The summed E-state index contributed by atoms with van der Waals surface area (Å²) in [5, 5.41) is 3.18. The zero-order chi connectivity index (χ0) is 17.1. The molecular weight excluding hydrogens is 314 g/mol. The zero-order valence-corrected chi connectivity index (χ0v) is 14.1. The van der Waals surface area contributed by atoms with E-state index in [1.54, 1.807) is 0 Å². The first kappa shape index (κ1) is 16.1. The van der Waals surface area contributed by atoms with E-state index < -0.39 is 0 Å². The van der Waals surface area contributed by atoms with Crippen LogP contribution in [0.4, 0.5) is 0 Å². The van der Waals surface area contributed by atoms with Gasteiger partial charge in [-0.05, 0) is 61.6 Å². The van der Waals surface area contributed by atoms with Crippen molar-refractivity contribution in [3.63, 3.8) is 0 Å². The van der Waals surface area contributed by atoms with Gasteiger partial charge in [0, 0.05) is 24.2 Å². The number of ether oxygens (including phenoxy) is 1. The molecule has 4 rings (SSSR count). The molecular formula is C20H23N3O2. The van der Waals surface area contributed by atoms with Crippen LogP contribution in [-0.2, 0) is 0 Å². The molecule has 25 heavy (non-hydrogen) atoms. The van der Waals surface area contributed by atoms with Gasteiger partial charge in [-0.2, -0.15) is 0 Å². The van der Waals surface area contributed by atoms with E-state index in [4.69, 9.17) is 4.74 Å². The lowest BCUT2D eigenvalue weighted by molar-refractivity contribution is 0.0918. The highest BCUT2D eigenvalue weighted by Gasteiger charge is 2.34. The number of para-hydroxylation sites is 1. The van der Waals surface area contributed by atoms with Crippen molar-refractivity contribution in [1.29, 1.82) is 0 Å². The monoisotopic (exact) mass is 337 g/mol. The van der Waals surface area contributed by atoms with Gasteiger partial charge in [0.2, 0.25) is 0 Å². The summed E-state index contributed by atoms with van der Waals surface area (Å²) in [6.07, 6.45) is 3.16. The van der Waals surface area contributed by atoms with Gasteiger partial charge in [0.15, 0.2) is 0 Å². The van der Waals surface area contributed by atoms with E-state index in [-0.39, 0.29) is 11.9 Å². The third-order valence-corrected chi connectivity index (χ3v) is 5.06. The lowest BCUT2D eigenvalue weighted by atomic mass is 9.83. The number of amides is 1. The first-order valence-electron chi connectivity index (χ1n) is 8.90. The minimum absolute atomic E-state index is 0.00590. The Morgan fingerprint density at radius 2 is 1.76 bits per heavy atom. The molecule has 1 amide bonds. The SMILES string of the molecule is O=C(NC1CCC2NNCC2C1)c1ccc(Oc2ccccc2)cc1. The van der Waals surface area contributed by atoms with Crippen molar-refractivity contribution in [2.75, 3.05) is 6.54 Å². The standard InChI is InChI=1S/C20H23N3O2/c24-20(22-16-8-11-19-15(12-16)13-21-23-19)14-6-9-18(10-7-14)25-17-4-2-1-3-5-17/h1-7,9-10,15-16,19,21,23H,8,11-13H2,(H,22,24). The van der Waals surface area contributed by atoms with Crippen molar-refractivity contribution in [3.05, 3.63) is 60.2 Å². The molecule has 2 aromatic rings. The molecule has 1 saturated carbocycles. The number of carbonyl (C=O) groups is 1.